The molecule has 11 heavy (non-hydrogen) atoms. The maximum absolute atomic E-state index is 10.8. The first-order chi connectivity index (χ1) is 5.24. The first kappa shape index (κ1) is 7.28. The van der Waals surface area contributed by atoms with Crippen LogP contribution in [0, 0.1) is 11.3 Å². The lowest BCUT2D eigenvalue weighted by molar-refractivity contribution is 0.743. The summed E-state index contributed by atoms with van der Waals surface area (Å²) in [4.78, 5) is 23.3. The van der Waals surface area contributed by atoms with Crippen molar-refractivity contribution in [1.29, 1.82) is 5.26 Å². The fraction of sp³-hybridized carbons (Fsp3) is 0.167. The Morgan fingerprint density at radius 2 is 2.36 bits per heavy atom. The third-order valence-corrected chi connectivity index (χ3v) is 1.14. The van der Waals surface area contributed by atoms with Gasteiger partial charge in [-0.2, -0.15) is 5.26 Å². The van der Waals surface area contributed by atoms with E-state index in [1.165, 1.54) is 12.3 Å². The molecule has 1 aromatic rings. The van der Waals surface area contributed by atoms with E-state index in [4.69, 9.17) is 5.26 Å². The Balaban J connectivity index is 3.23. The number of hydrogen-bond donors (Lipinski definition) is 1. The van der Waals surface area contributed by atoms with Gasteiger partial charge in [0.05, 0.1) is 6.07 Å². The Hall–Kier alpha value is -1.83. The van der Waals surface area contributed by atoms with Crippen molar-refractivity contribution in [2.75, 3.05) is 0 Å². The molecule has 0 bridgehead atoms. The van der Waals surface area contributed by atoms with Gasteiger partial charge >= 0.3 is 5.69 Å². The number of aromatic amines is 1. The zero-order chi connectivity index (χ0) is 8.27. The van der Waals surface area contributed by atoms with Gasteiger partial charge < -0.3 is 0 Å². The van der Waals surface area contributed by atoms with Crippen molar-refractivity contribution in [1.82, 2.24) is 9.55 Å². The van der Waals surface area contributed by atoms with Crippen LogP contribution in [-0.2, 0) is 6.54 Å². The summed E-state index contributed by atoms with van der Waals surface area (Å²) in [6, 6.07) is 2.98. The molecule has 5 heteroatoms. The summed E-state index contributed by atoms with van der Waals surface area (Å²) >= 11 is 0. The van der Waals surface area contributed by atoms with Crippen LogP contribution in [0.25, 0.3) is 0 Å². The molecule has 0 saturated carbocycles. The maximum atomic E-state index is 10.8. The standard InChI is InChI=1S/C6H5N3O2/c7-2-4-9-3-1-5(10)8-6(9)11/h1,3H,4H2,(H,8,10,11). The number of nitrogens with zero attached hydrogens (tertiary/aromatic N) is 2. The fourth-order valence-electron chi connectivity index (χ4n) is 0.645. The zero-order valence-electron chi connectivity index (χ0n) is 5.57. The highest BCUT2D eigenvalue weighted by atomic mass is 16.2. The molecular formula is C6H5N3O2. The number of rotatable bonds is 1. The van der Waals surface area contributed by atoms with Gasteiger partial charge in [-0.1, -0.05) is 0 Å². The molecule has 1 rings (SSSR count). The number of H-pyrrole nitrogens is 1. The summed E-state index contributed by atoms with van der Waals surface area (Å²) in [5, 5.41) is 8.21. The second-order valence-electron chi connectivity index (χ2n) is 1.90. The molecule has 0 saturated heterocycles. The highest BCUT2D eigenvalue weighted by molar-refractivity contribution is 4.85. The lowest BCUT2D eigenvalue weighted by atomic mass is 10.6. The van der Waals surface area contributed by atoms with Gasteiger partial charge in [-0.05, 0) is 0 Å². The van der Waals surface area contributed by atoms with Gasteiger partial charge in [0.2, 0.25) is 0 Å². The van der Waals surface area contributed by atoms with Crippen LogP contribution in [0.2, 0.25) is 0 Å². The van der Waals surface area contributed by atoms with Crippen molar-refractivity contribution < 1.29 is 0 Å². The SMILES string of the molecule is N#CCn1ccc(=O)[nH]c1=O. The average molecular weight is 151 g/mol. The normalized spacial score (nSPS) is 9.00. The summed E-state index contributed by atoms with van der Waals surface area (Å²) in [5.41, 5.74) is -1.01. The molecule has 0 atom stereocenters. The molecule has 0 aliphatic heterocycles. The van der Waals surface area contributed by atoms with E-state index >= 15 is 0 Å². The molecule has 0 amide bonds. The van der Waals surface area contributed by atoms with Crippen LogP contribution >= 0.6 is 0 Å². The van der Waals surface area contributed by atoms with Crippen molar-refractivity contribution in [2.45, 2.75) is 6.54 Å². The number of hydrogen-bond acceptors (Lipinski definition) is 3. The molecule has 0 spiro atoms. The highest BCUT2D eigenvalue weighted by Gasteiger charge is 1.92. The van der Waals surface area contributed by atoms with Gasteiger partial charge in [0.25, 0.3) is 5.56 Å². The van der Waals surface area contributed by atoms with Crippen LogP contribution in [0.4, 0.5) is 0 Å². The van der Waals surface area contributed by atoms with Crippen molar-refractivity contribution in [3.63, 3.8) is 0 Å². The lowest BCUT2D eigenvalue weighted by Gasteiger charge is -1.94. The fourth-order valence-corrected chi connectivity index (χ4v) is 0.645. The molecule has 1 aromatic heterocycles. The minimum Gasteiger partial charge on any atom is -0.287 e. The van der Waals surface area contributed by atoms with E-state index < -0.39 is 11.2 Å². The predicted octanol–water partition coefficient (Wildman–Crippen LogP) is -0.940. The van der Waals surface area contributed by atoms with E-state index in [0.29, 0.717) is 0 Å². The Bertz CT molecular complexity index is 395. The molecule has 0 aliphatic rings. The quantitative estimate of drug-likeness (QED) is 0.562. The van der Waals surface area contributed by atoms with E-state index in [-0.39, 0.29) is 6.54 Å². The smallest absolute Gasteiger partial charge is 0.287 e. The van der Waals surface area contributed by atoms with Crippen LogP contribution in [0.15, 0.2) is 21.9 Å². The lowest BCUT2D eigenvalue weighted by Crippen LogP contribution is -2.28. The molecule has 0 unspecified atom stereocenters. The Morgan fingerprint density at radius 3 is 2.91 bits per heavy atom. The molecular weight excluding hydrogens is 146 g/mol. The molecule has 0 fully saturated rings. The van der Waals surface area contributed by atoms with Crippen molar-refractivity contribution in [3.05, 3.63) is 33.1 Å². The number of aromatic nitrogens is 2. The van der Waals surface area contributed by atoms with E-state index in [2.05, 4.69) is 0 Å². The summed E-state index contributed by atoms with van der Waals surface area (Å²) in [5.74, 6) is 0. The van der Waals surface area contributed by atoms with Crippen molar-refractivity contribution in [3.8, 4) is 6.07 Å². The molecule has 5 nitrogen and oxygen atoms in total. The maximum Gasteiger partial charge on any atom is 0.329 e. The van der Waals surface area contributed by atoms with Gasteiger partial charge in [-0.3, -0.25) is 14.3 Å². The van der Waals surface area contributed by atoms with E-state index in [0.717, 1.165) is 4.57 Å². The first-order valence-electron chi connectivity index (χ1n) is 2.91. The number of nitrogens with one attached hydrogen (secondary N) is 1. The summed E-state index contributed by atoms with van der Waals surface area (Å²) in [6.07, 6.45) is 1.28. The minimum absolute atomic E-state index is 0.0460. The van der Waals surface area contributed by atoms with Gasteiger partial charge in [-0.25, -0.2) is 4.79 Å². The van der Waals surface area contributed by atoms with Crippen LogP contribution < -0.4 is 11.2 Å². The van der Waals surface area contributed by atoms with Crippen molar-refractivity contribution in [2.24, 2.45) is 0 Å². The van der Waals surface area contributed by atoms with E-state index in [1.807, 2.05) is 4.98 Å². The predicted molar refractivity (Wildman–Crippen MR) is 36.9 cm³/mol. The first-order valence-corrected chi connectivity index (χ1v) is 2.91. The largest absolute Gasteiger partial charge is 0.329 e. The number of nitriles is 1. The monoisotopic (exact) mass is 151 g/mol. The minimum atomic E-state index is -0.556. The van der Waals surface area contributed by atoms with E-state index in [9.17, 15) is 9.59 Å². The van der Waals surface area contributed by atoms with Gasteiger partial charge in [0.1, 0.15) is 6.54 Å². The third kappa shape index (κ3) is 1.55. The third-order valence-electron chi connectivity index (χ3n) is 1.14. The van der Waals surface area contributed by atoms with Gasteiger partial charge in [-0.15, -0.1) is 0 Å². The van der Waals surface area contributed by atoms with Crippen LogP contribution in [0.5, 0.6) is 0 Å². The topological polar surface area (TPSA) is 78.7 Å². The van der Waals surface area contributed by atoms with Gasteiger partial charge in [0, 0.05) is 12.3 Å². The van der Waals surface area contributed by atoms with Crippen LogP contribution in [-0.4, -0.2) is 9.55 Å². The molecule has 0 aromatic carbocycles. The molecule has 0 radical (unpaired) electrons. The molecule has 1 N–H and O–H groups in total. The van der Waals surface area contributed by atoms with Crippen LogP contribution in [0.1, 0.15) is 0 Å². The average Bonchev–Trinajstić information content (AvgIpc) is 1.95. The summed E-state index contributed by atoms with van der Waals surface area (Å²) in [7, 11) is 0. The second-order valence-corrected chi connectivity index (χ2v) is 1.90. The second kappa shape index (κ2) is 2.84. The zero-order valence-corrected chi connectivity index (χ0v) is 5.57. The summed E-state index contributed by atoms with van der Waals surface area (Å²) < 4.78 is 1.11. The molecule has 56 valence electrons. The van der Waals surface area contributed by atoms with Crippen molar-refractivity contribution >= 4 is 0 Å². The summed E-state index contributed by atoms with van der Waals surface area (Å²) in [6.45, 7) is -0.0460. The van der Waals surface area contributed by atoms with Gasteiger partial charge in [0.15, 0.2) is 0 Å². The van der Waals surface area contributed by atoms with Crippen LogP contribution in [0.3, 0.4) is 0 Å². The Kier molecular flexibility index (Phi) is 1.88. The van der Waals surface area contributed by atoms with E-state index in [1.54, 1.807) is 6.07 Å². The Morgan fingerprint density at radius 1 is 1.64 bits per heavy atom. The highest BCUT2D eigenvalue weighted by Crippen LogP contribution is 1.71. The Labute approximate surface area is 61.5 Å². The molecule has 1 heterocycles. The molecule has 0 aliphatic carbocycles.